The summed E-state index contributed by atoms with van der Waals surface area (Å²) in [4.78, 5) is 22.6. The van der Waals surface area contributed by atoms with Gasteiger partial charge in [0, 0.05) is 43.5 Å². The highest BCUT2D eigenvalue weighted by Gasteiger charge is 2.36. The highest BCUT2D eigenvalue weighted by Crippen LogP contribution is 2.36. The molecule has 0 bridgehead atoms. The summed E-state index contributed by atoms with van der Waals surface area (Å²) < 4.78 is 79.7. The van der Waals surface area contributed by atoms with E-state index in [0.717, 1.165) is 13.1 Å². The Hall–Kier alpha value is -3.91. The van der Waals surface area contributed by atoms with Crippen molar-refractivity contribution in [3.8, 4) is 17.0 Å². The Bertz CT molecular complexity index is 1340. The van der Waals surface area contributed by atoms with E-state index in [1.165, 1.54) is 13.2 Å². The van der Waals surface area contributed by atoms with E-state index in [-0.39, 0.29) is 23.7 Å². The van der Waals surface area contributed by atoms with Crippen molar-refractivity contribution in [2.24, 2.45) is 0 Å². The summed E-state index contributed by atoms with van der Waals surface area (Å²) in [5.74, 6) is 0.0531. The van der Waals surface area contributed by atoms with E-state index in [9.17, 15) is 36.2 Å². The number of benzene rings is 2. The monoisotopic (exact) mass is 599 g/mol. The molecule has 1 saturated heterocycles. The maximum Gasteiger partial charge on any atom is 0.416 e. The second-order valence-electron chi connectivity index (χ2n) is 9.76. The number of rotatable bonds is 6. The molecule has 0 radical (unpaired) electrons. The second-order valence-corrected chi connectivity index (χ2v) is 9.76. The van der Waals surface area contributed by atoms with Crippen LogP contribution in [0.15, 0.2) is 48.7 Å². The molecule has 0 spiro atoms. The van der Waals surface area contributed by atoms with Crippen molar-refractivity contribution in [3.05, 3.63) is 70.9 Å². The molecule has 3 aromatic rings. The molecule has 0 unspecified atom stereocenters. The highest BCUT2D eigenvalue weighted by molar-refractivity contribution is 5.95. The van der Waals surface area contributed by atoms with Gasteiger partial charge in [0.05, 0.1) is 23.9 Å². The predicted molar refractivity (Wildman–Crippen MR) is 144 cm³/mol. The van der Waals surface area contributed by atoms with Gasteiger partial charge < -0.3 is 25.4 Å². The van der Waals surface area contributed by atoms with Gasteiger partial charge in [0.1, 0.15) is 11.3 Å². The van der Waals surface area contributed by atoms with Crippen LogP contribution >= 0.6 is 0 Å². The fraction of sp³-hybridized carbons (Fsp3) is 0.393. The zero-order chi connectivity index (χ0) is 31.2. The molecule has 14 heteroatoms. The molecule has 8 nitrogen and oxygen atoms in total. The number of nitrogens with one attached hydrogen (secondary N) is 2. The third kappa shape index (κ3) is 8.32. The molecule has 3 N–H and O–H groups in total. The Kier molecular flexibility index (Phi) is 10.4. The Labute approximate surface area is 238 Å². The van der Waals surface area contributed by atoms with Gasteiger partial charge in [0.2, 0.25) is 5.95 Å². The molecule has 2 aromatic carbocycles. The van der Waals surface area contributed by atoms with E-state index in [1.807, 2.05) is 12.1 Å². The quantitative estimate of drug-likeness (QED) is 0.321. The predicted octanol–water partition coefficient (Wildman–Crippen LogP) is 5.48. The molecule has 42 heavy (non-hydrogen) atoms. The molecule has 0 saturated carbocycles. The summed E-state index contributed by atoms with van der Waals surface area (Å²) in [6.07, 6.45) is -8.20. The van der Waals surface area contributed by atoms with Crippen LogP contribution in [0.25, 0.3) is 11.3 Å². The molecular formula is C28H31F6N5O3. The first kappa shape index (κ1) is 32.6. The van der Waals surface area contributed by atoms with Gasteiger partial charge in [-0.05, 0) is 56.8 Å². The number of carboxylic acid groups (broad SMARTS) is 1. The number of piperazine rings is 1. The molecule has 1 fully saturated rings. The molecule has 0 aliphatic carbocycles. The van der Waals surface area contributed by atoms with E-state index in [0.29, 0.717) is 47.2 Å². The van der Waals surface area contributed by atoms with Crippen molar-refractivity contribution >= 4 is 11.9 Å². The molecule has 1 aromatic heterocycles. The minimum atomic E-state index is -4.79. The third-order valence-corrected chi connectivity index (χ3v) is 6.24. The number of anilines is 1. The van der Waals surface area contributed by atoms with Gasteiger partial charge in [-0.25, -0.2) is 14.8 Å². The summed E-state index contributed by atoms with van der Waals surface area (Å²) >= 11 is 0. The first-order chi connectivity index (χ1) is 19.6. The first-order valence-electron chi connectivity index (χ1n) is 12.8. The number of hydrogen-bond donors (Lipinski definition) is 3. The maximum atomic E-state index is 12.4. The molecule has 2 atom stereocenters. The van der Waals surface area contributed by atoms with Gasteiger partial charge >= 0.3 is 18.3 Å². The van der Waals surface area contributed by atoms with Crippen molar-refractivity contribution in [2.45, 2.75) is 44.8 Å². The van der Waals surface area contributed by atoms with E-state index >= 15 is 0 Å². The Balaban J connectivity index is 0.000000250. The molecule has 1 aliphatic rings. The summed E-state index contributed by atoms with van der Waals surface area (Å²) in [5.41, 5.74) is -1.58. The van der Waals surface area contributed by atoms with Gasteiger partial charge in [0.15, 0.2) is 0 Å². The zero-order valence-electron chi connectivity index (χ0n) is 23.3. The Morgan fingerprint density at radius 3 is 2.12 bits per heavy atom. The van der Waals surface area contributed by atoms with Crippen molar-refractivity contribution in [1.82, 2.24) is 20.6 Å². The van der Waals surface area contributed by atoms with Gasteiger partial charge in [-0.3, -0.25) is 0 Å². The first-order valence-corrected chi connectivity index (χ1v) is 12.8. The number of alkyl halides is 6. The molecule has 2 heterocycles. The summed E-state index contributed by atoms with van der Waals surface area (Å²) in [5, 5.41) is 15.5. The number of methoxy groups -OCH3 is 1. The lowest BCUT2D eigenvalue weighted by Gasteiger charge is -2.36. The average Bonchev–Trinajstić information content (AvgIpc) is 2.91. The van der Waals surface area contributed by atoms with Crippen molar-refractivity contribution in [2.75, 3.05) is 32.1 Å². The van der Waals surface area contributed by atoms with Crippen LogP contribution in [-0.4, -0.2) is 60.4 Å². The molecule has 4 rings (SSSR count). The lowest BCUT2D eigenvalue weighted by molar-refractivity contribution is -0.143. The minimum Gasteiger partial charge on any atom is -0.496 e. The van der Waals surface area contributed by atoms with Crippen LogP contribution in [0.5, 0.6) is 5.75 Å². The normalized spacial score (nSPS) is 17.3. The number of para-hydroxylation sites is 1. The number of carbonyl (C=O) groups is 1. The lowest BCUT2D eigenvalue weighted by Crippen LogP contribution is -2.54. The van der Waals surface area contributed by atoms with Gasteiger partial charge in [-0.15, -0.1) is 0 Å². The number of aromatic nitrogens is 2. The second kappa shape index (κ2) is 13.4. The molecule has 0 amide bonds. The largest absolute Gasteiger partial charge is 0.496 e. The summed E-state index contributed by atoms with van der Waals surface area (Å²) in [7, 11) is 2.99. The third-order valence-electron chi connectivity index (χ3n) is 6.24. The van der Waals surface area contributed by atoms with Crippen molar-refractivity contribution < 1.29 is 41.0 Å². The van der Waals surface area contributed by atoms with Crippen molar-refractivity contribution in [3.63, 3.8) is 0 Å². The maximum absolute atomic E-state index is 12.4. The fourth-order valence-electron chi connectivity index (χ4n) is 4.54. The summed E-state index contributed by atoms with van der Waals surface area (Å²) in [6, 6.07) is 9.39. The van der Waals surface area contributed by atoms with Gasteiger partial charge in [-0.2, -0.15) is 26.3 Å². The van der Waals surface area contributed by atoms with E-state index in [1.54, 1.807) is 19.2 Å². The Morgan fingerprint density at radius 2 is 1.62 bits per heavy atom. The van der Waals surface area contributed by atoms with Crippen LogP contribution in [0.2, 0.25) is 0 Å². The number of ether oxygens (including phenoxy) is 1. The van der Waals surface area contributed by atoms with Crippen LogP contribution in [0.3, 0.4) is 0 Å². The molecule has 1 aliphatic heterocycles. The standard InChI is InChI=1S/C18H22N4O3.C10H9F6N/c1-11-9-22(10-12(2)20-11)18-19-8-14(17(23)24)16(21-18)13-6-4-5-7-15(13)25-3;1-17-5-6-2-7(9(11,12)13)4-8(3-6)10(14,15)16/h4-8,11-12,20H,9-10H2,1-3H3,(H,23,24);2-4,17H,5H2,1H3/t11-,12+;. The van der Waals surface area contributed by atoms with E-state index in [2.05, 4.69) is 39.3 Å². The molecule has 228 valence electrons. The fourth-order valence-corrected chi connectivity index (χ4v) is 4.54. The van der Waals surface area contributed by atoms with Crippen LogP contribution in [-0.2, 0) is 18.9 Å². The zero-order valence-corrected chi connectivity index (χ0v) is 23.3. The number of carboxylic acids is 1. The summed E-state index contributed by atoms with van der Waals surface area (Å²) in [6.45, 7) is 5.68. The van der Waals surface area contributed by atoms with Crippen LogP contribution < -0.4 is 20.3 Å². The topological polar surface area (TPSA) is 99.6 Å². The van der Waals surface area contributed by atoms with Crippen LogP contribution in [0, 0.1) is 0 Å². The minimum absolute atomic E-state index is 0.0597. The van der Waals surface area contributed by atoms with E-state index < -0.39 is 29.4 Å². The van der Waals surface area contributed by atoms with E-state index in [4.69, 9.17) is 4.74 Å². The number of hydrogen-bond acceptors (Lipinski definition) is 7. The van der Waals surface area contributed by atoms with Gasteiger partial charge in [-0.1, -0.05) is 12.1 Å². The Morgan fingerprint density at radius 1 is 1.05 bits per heavy atom. The molecular weight excluding hydrogens is 568 g/mol. The number of nitrogens with zero attached hydrogens (tertiary/aromatic N) is 3. The number of halogens is 6. The van der Waals surface area contributed by atoms with Gasteiger partial charge in [0.25, 0.3) is 0 Å². The number of aromatic carboxylic acids is 1. The lowest BCUT2D eigenvalue weighted by atomic mass is 10.0. The highest BCUT2D eigenvalue weighted by atomic mass is 19.4. The SMILES string of the molecule is CNCc1cc(C(F)(F)F)cc(C(F)(F)F)c1.COc1ccccc1-c1nc(N2C[C@@H](C)N[C@@H](C)C2)ncc1C(=O)O. The average molecular weight is 600 g/mol. The van der Waals surface area contributed by atoms with Crippen LogP contribution in [0.1, 0.15) is 40.9 Å². The van der Waals surface area contributed by atoms with Crippen molar-refractivity contribution in [1.29, 1.82) is 0 Å². The van der Waals surface area contributed by atoms with Crippen LogP contribution in [0.4, 0.5) is 32.3 Å². The smallest absolute Gasteiger partial charge is 0.416 e.